The zero-order chi connectivity index (χ0) is 12.8. The third kappa shape index (κ3) is 4.47. The summed E-state index contributed by atoms with van der Waals surface area (Å²) in [4.78, 5) is 11.6. The summed E-state index contributed by atoms with van der Waals surface area (Å²) >= 11 is 0. The smallest absolute Gasteiger partial charge is 0.315 e. The lowest BCUT2D eigenvalue weighted by Crippen LogP contribution is -2.41. The number of carbonyl (C=O) groups excluding carboxylic acids is 1. The Labute approximate surface area is 104 Å². The molecule has 0 aliphatic heterocycles. The van der Waals surface area contributed by atoms with Crippen LogP contribution >= 0.6 is 0 Å². The number of hydrogen-bond acceptors (Lipinski definition) is 1. The first-order chi connectivity index (χ1) is 8.02. The predicted octanol–water partition coefficient (Wildman–Crippen LogP) is 3.15. The molecule has 0 heterocycles. The van der Waals surface area contributed by atoms with Gasteiger partial charge in [-0.25, -0.2) is 4.79 Å². The van der Waals surface area contributed by atoms with E-state index in [0.29, 0.717) is 0 Å². The Hall–Kier alpha value is -1.51. The van der Waals surface area contributed by atoms with E-state index in [-0.39, 0.29) is 18.1 Å². The molecule has 1 aromatic carbocycles. The van der Waals surface area contributed by atoms with Crippen molar-refractivity contribution in [3.8, 4) is 0 Å². The van der Waals surface area contributed by atoms with Gasteiger partial charge < -0.3 is 10.6 Å². The highest BCUT2D eigenvalue weighted by molar-refractivity contribution is 5.74. The van der Waals surface area contributed by atoms with Gasteiger partial charge in [0.15, 0.2) is 0 Å². The molecular weight excluding hydrogens is 212 g/mol. The van der Waals surface area contributed by atoms with Gasteiger partial charge in [-0.3, -0.25) is 0 Å². The maximum absolute atomic E-state index is 11.6. The van der Waals surface area contributed by atoms with Crippen LogP contribution in [0, 0.1) is 6.92 Å². The van der Waals surface area contributed by atoms with E-state index in [4.69, 9.17) is 0 Å². The molecule has 0 fully saturated rings. The van der Waals surface area contributed by atoms with Crippen molar-refractivity contribution in [3.63, 3.8) is 0 Å². The van der Waals surface area contributed by atoms with E-state index >= 15 is 0 Å². The largest absolute Gasteiger partial charge is 0.336 e. The number of carbonyl (C=O) groups is 1. The molecule has 1 rings (SSSR count). The Morgan fingerprint density at radius 1 is 1.18 bits per heavy atom. The summed E-state index contributed by atoms with van der Waals surface area (Å²) in [5.74, 6) is 0. The second kappa shape index (κ2) is 6.28. The molecule has 0 aromatic heterocycles. The highest BCUT2D eigenvalue weighted by Gasteiger charge is 2.10. The van der Waals surface area contributed by atoms with Crippen molar-refractivity contribution in [3.05, 3.63) is 35.4 Å². The van der Waals surface area contributed by atoms with Crippen LogP contribution < -0.4 is 10.6 Å². The Morgan fingerprint density at radius 2 is 1.76 bits per heavy atom. The summed E-state index contributed by atoms with van der Waals surface area (Å²) in [5.41, 5.74) is 2.35. The Bertz CT molecular complexity index is 359. The van der Waals surface area contributed by atoms with Crippen LogP contribution in [-0.4, -0.2) is 12.1 Å². The quantitative estimate of drug-likeness (QED) is 0.825. The van der Waals surface area contributed by atoms with E-state index in [1.54, 1.807) is 0 Å². The van der Waals surface area contributed by atoms with Crippen molar-refractivity contribution < 1.29 is 4.79 Å². The lowest BCUT2D eigenvalue weighted by molar-refractivity contribution is 0.234. The molecule has 0 radical (unpaired) electrons. The van der Waals surface area contributed by atoms with Crippen LogP contribution in [0.2, 0.25) is 0 Å². The van der Waals surface area contributed by atoms with Crippen LogP contribution in [0.25, 0.3) is 0 Å². The first kappa shape index (κ1) is 13.6. The second-order valence-electron chi connectivity index (χ2n) is 4.56. The molecule has 2 N–H and O–H groups in total. The first-order valence-corrected chi connectivity index (χ1v) is 6.16. The fraction of sp³-hybridized carbons (Fsp3) is 0.500. The molecule has 1 aromatic rings. The normalized spacial score (nSPS) is 13.9. The lowest BCUT2D eigenvalue weighted by Gasteiger charge is -2.17. The molecule has 0 aliphatic rings. The molecule has 0 saturated carbocycles. The number of urea groups is 1. The molecular formula is C14H22N2O. The topological polar surface area (TPSA) is 41.1 Å². The molecule has 0 bridgehead atoms. The van der Waals surface area contributed by atoms with Gasteiger partial charge >= 0.3 is 6.03 Å². The van der Waals surface area contributed by atoms with Gasteiger partial charge in [0.1, 0.15) is 0 Å². The van der Waals surface area contributed by atoms with Gasteiger partial charge in [-0.05, 0) is 32.8 Å². The molecule has 0 spiro atoms. The number of hydrogen-bond donors (Lipinski definition) is 2. The van der Waals surface area contributed by atoms with Crippen molar-refractivity contribution in [1.82, 2.24) is 10.6 Å². The fourth-order valence-corrected chi connectivity index (χ4v) is 1.50. The maximum Gasteiger partial charge on any atom is 0.315 e. The predicted molar refractivity (Wildman–Crippen MR) is 71.0 cm³/mol. The van der Waals surface area contributed by atoms with Crippen LogP contribution in [0.5, 0.6) is 0 Å². The van der Waals surface area contributed by atoms with Gasteiger partial charge in [0.05, 0.1) is 6.04 Å². The van der Waals surface area contributed by atoms with Crippen molar-refractivity contribution in [2.75, 3.05) is 0 Å². The Balaban J connectivity index is 2.51. The van der Waals surface area contributed by atoms with E-state index in [0.717, 1.165) is 12.0 Å². The fourth-order valence-electron chi connectivity index (χ4n) is 1.50. The summed E-state index contributed by atoms with van der Waals surface area (Å²) < 4.78 is 0. The molecule has 0 unspecified atom stereocenters. The monoisotopic (exact) mass is 234 g/mol. The molecule has 2 atom stereocenters. The molecule has 0 saturated heterocycles. The van der Waals surface area contributed by atoms with Crippen LogP contribution in [-0.2, 0) is 0 Å². The van der Waals surface area contributed by atoms with Crippen molar-refractivity contribution >= 4 is 6.03 Å². The maximum atomic E-state index is 11.6. The van der Waals surface area contributed by atoms with Crippen molar-refractivity contribution in [1.29, 1.82) is 0 Å². The van der Waals surface area contributed by atoms with Gasteiger partial charge in [0.25, 0.3) is 0 Å². The zero-order valence-corrected chi connectivity index (χ0v) is 11.1. The summed E-state index contributed by atoms with van der Waals surface area (Å²) in [6, 6.07) is 8.33. The zero-order valence-electron chi connectivity index (χ0n) is 11.1. The standard InChI is InChI=1S/C14H22N2O/c1-5-11(3)15-14(17)16-12(4)13-8-6-10(2)7-9-13/h6-9,11-12H,5H2,1-4H3,(H2,15,16,17)/t11-,12-/m0/s1. The second-order valence-corrected chi connectivity index (χ2v) is 4.56. The lowest BCUT2D eigenvalue weighted by atomic mass is 10.1. The SMILES string of the molecule is CC[C@H](C)NC(=O)N[C@@H](C)c1ccc(C)cc1. The third-order valence-corrected chi connectivity index (χ3v) is 2.91. The summed E-state index contributed by atoms with van der Waals surface area (Å²) in [7, 11) is 0. The van der Waals surface area contributed by atoms with E-state index in [1.807, 2.05) is 32.9 Å². The molecule has 3 nitrogen and oxygen atoms in total. The van der Waals surface area contributed by atoms with Crippen LogP contribution in [0.4, 0.5) is 4.79 Å². The van der Waals surface area contributed by atoms with Gasteiger partial charge in [-0.15, -0.1) is 0 Å². The number of benzene rings is 1. The third-order valence-electron chi connectivity index (χ3n) is 2.91. The summed E-state index contributed by atoms with van der Waals surface area (Å²) in [5, 5.41) is 5.82. The molecule has 17 heavy (non-hydrogen) atoms. The van der Waals surface area contributed by atoms with Gasteiger partial charge in [0, 0.05) is 6.04 Å². The molecule has 0 aliphatic carbocycles. The van der Waals surface area contributed by atoms with E-state index in [1.165, 1.54) is 5.56 Å². The molecule has 2 amide bonds. The first-order valence-electron chi connectivity index (χ1n) is 6.16. The van der Waals surface area contributed by atoms with Gasteiger partial charge in [0.2, 0.25) is 0 Å². The van der Waals surface area contributed by atoms with E-state index < -0.39 is 0 Å². The average Bonchev–Trinajstić information content (AvgIpc) is 2.29. The van der Waals surface area contributed by atoms with Gasteiger partial charge in [-0.1, -0.05) is 36.8 Å². The van der Waals surface area contributed by atoms with Crippen LogP contribution in [0.1, 0.15) is 44.4 Å². The highest BCUT2D eigenvalue weighted by Crippen LogP contribution is 2.12. The minimum Gasteiger partial charge on any atom is -0.336 e. The minimum absolute atomic E-state index is 0.0275. The van der Waals surface area contributed by atoms with Crippen molar-refractivity contribution in [2.24, 2.45) is 0 Å². The van der Waals surface area contributed by atoms with Crippen LogP contribution in [0.15, 0.2) is 24.3 Å². The minimum atomic E-state index is -0.104. The molecule has 94 valence electrons. The average molecular weight is 234 g/mol. The highest BCUT2D eigenvalue weighted by atomic mass is 16.2. The number of aryl methyl sites for hydroxylation is 1. The van der Waals surface area contributed by atoms with Gasteiger partial charge in [-0.2, -0.15) is 0 Å². The number of amides is 2. The van der Waals surface area contributed by atoms with Crippen molar-refractivity contribution in [2.45, 2.75) is 46.2 Å². The summed E-state index contributed by atoms with van der Waals surface area (Å²) in [6.45, 7) is 8.09. The van der Waals surface area contributed by atoms with E-state index in [2.05, 4.69) is 29.7 Å². The molecule has 3 heteroatoms. The van der Waals surface area contributed by atoms with E-state index in [9.17, 15) is 4.79 Å². The Morgan fingerprint density at radius 3 is 2.29 bits per heavy atom. The Kier molecular flexibility index (Phi) is 5.01. The summed E-state index contributed by atoms with van der Waals surface area (Å²) in [6.07, 6.45) is 0.937. The number of nitrogens with one attached hydrogen (secondary N) is 2. The van der Waals surface area contributed by atoms with Crippen LogP contribution in [0.3, 0.4) is 0 Å². The number of rotatable bonds is 4.